The smallest absolute Gasteiger partial charge is 0.211 e. The van der Waals surface area contributed by atoms with Crippen LogP contribution in [0, 0.1) is 0 Å². The molecule has 0 bridgehead atoms. The van der Waals surface area contributed by atoms with Gasteiger partial charge in [0.05, 0.1) is 20.4 Å². The third kappa shape index (κ3) is 5.07. The van der Waals surface area contributed by atoms with Crippen LogP contribution in [-0.4, -0.2) is 26.4 Å². The Morgan fingerprint density at radius 3 is 2.06 bits per heavy atom. The number of guanidine groups is 1. The summed E-state index contributed by atoms with van der Waals surface area (Å²) < 4.78 is 10.2. The van der Waals surface area contributed by atoms with E-state index in [2.05, 4.69) is 10.2 Å². The van der Waals surface area contributed by atoms with Gasteiger partial charge in [0, 0.05) is 11.6 Å². The molecule has 94 valence electrons. The number of methoxy groups -OCH3 is 2. The maximum absolute atomic E-state index is 5.13. The van der Waals surface area contributed by atoms with Crippen LogP contribution < -0.4 is 20.9 Å². The van der Waals surface area contributed by atoms with Gasteiger partial charge in [-0.05, 0) is 12.1 Å². The molecule has 0 aliphatic carbocycles. The Balaban J connectivity index is 0.00000256. The van der Waals surface area contributed by atoms with E-state index in [0.717, 1.165) is 5.56 Å². The van der Waals surface area contributed by atoms with Crippen molar-refractivity contribution < 1.29 is 9.47 Å². The Hall–Kier alpha value is -1.95. The topological polar surface area (TPSA) is 95.2 Å². The van der Waals surface area contributed by atoms with Gasteiger partial charge in [0.15, 0.2) is 0 Å². The highest BCUT2D eigenvalue weighted by Gasteiger charge is 1.99. The molecule has 6 nitrogen and oxygen atoms in total. The van der Waals surface area contributed by atoms with Crippen LogP contribution in [0.1, 0.15) is 5.56 Å². The monoisotopic (exact) mass is 258 g/mol. The molecule has 0 aromatic heterocycles. The largest absolute Gasteiger partial charge is 0.497 e. The van der Waals surface area contributed by atoms with E-state index in [9.17, 15) is 0 Å². The molecule has 0 aliphatic heterocycles. The molecule has 0 spiro atoms. The van der Waals surface area contributed by atoms with Gasteiger partial charge in [-0.1, -0.05) is 0 Å². The van der Waals surface area contributed by atoms with Gasteiger partial charge in [-0.25, -0.2) is 0 Å². The normalized spacial score (nSPS) is 9.53. The molecule has 0 aliphatic rings. The fraction of sp³-hybridized carbons (Fsp3) is 0.200. The summed E-state index contributed by atoms with van der Waals surface area (Å²) in [5.41, 5.74) is 11.0. The molecule has 0 heterocycles. The molecule has 4 N–H and O–H groups in total. The van der Waals surface area contributed by atoms with Crippen LogP contribution >= 0.6 is 12.4 Å². The molecular weight excluding hydrogens is 244 g/mol. The summed E-state index contributed by atoms with van der Waals surface area (Å²) in [5.74, 6) is 1.25. The van der Waals surface area contributed by atoms with Crippen molar-refractivity contribution >= 4 is 24.6 Å². The minimum absolute atomic E-state index is 0. The number of hydrogen-bond donors (Lipinski definition) is 2. The van der Waals surface area contributed by atoms with Crippen LogP contribution in [0.3, 0.4) is 0 Å². The van der Waals surface area contributed by atoms with Crippen molar-refractivity contribution in [1.82, 2.24) is 0 Å². The van der Waals surface area contributed by atoms with E-state index in [1.54, 1.807) is 32.4 Å². The quantitative estimate of drug-likeness (QED) is 0.473. The highest BCUT2D eigenvalue weighted by molar-refractivity contribution is 5.85. The first-order chi connectivity index (χ1) is 7.65. The summed E-state index contributed by atoms with van der Waals surface area (Å²) >= 11 is 0. The first kappa shape index (κ1) is 15.0. The second-order valence-corrected chi connectivity index (χ2v) is 2.92. The average Bonchev–Trinajstić information content (AvgIpc) is 2.28. The second-order valence-electron chi connectivity index (χ2n) is 2.92. The Morgan fingerprint density at radius 2 is 1.65 bits per heavy atom. The van der Waals surface area contributed by atoms with Gasteiger partial charge in [0.25, 0.3) is 0 Å². The van der Waals surface area contributed by atoms with E-state index in [0.29, 0.717) is 11.5 Å². The summed E-state index contributed by atoms with van der Waals surface area (Å²) in [6.45, 7) is 0. The van der Waals surface area contributed by atoms with E-state index in [1.165, 1.54) is 6.21 Å². The predicted octanol–water partition coefficient (Wildman–Crippen LogP) is 0.733. The summed E-state index contributed by atoms with van der Waals surface area (Å²) in [6, 6.07) is 5.33. The van der Waals surface area contributed by atoms with Gasteiger partial charge in [-0.15, -0.1) is 17.5 Å². The number of ether oxygens (including phenoxy) is 2. The number of hydrogen-bond acceptors (Lipinski definition) is 4. The van der Waals surface area contributed by atoms with E-state index in [-0.39, 0.29) is 18.4 Å². The molecule has 17 heavy (non-hydrogen) atoms. The van der Waals surface area contributed by atoms with Crippen molar-refractivity contribution in [3.63, 3.8) is 0 Å². The molecule has 0 amide bonds. The van der Waals surface area contributed by atoms with Gasteiger partial charge in [0.1, 0.15) is 11.5 Å². The van der Waals surface area contributed by atoms with Crippen molar-refractivity contribution in [2.45, 2.75) is 0 Å². The van der Waals surface area contributed by atoms with Crippen LogP contribution in [0.25, 0.3) is 0 Å². The average molecular weight is 259 g/mol. The predicted molar refractivity (Wildman–Crippen MR) is 70.2 cm³/mol. The summed E-state index contributed by atoms with van der Waals surface area (Å²) in [5, 5.41) is 7.18. The fourth-order valence-electron chi connectivity index (χ4n) is 1.07. The first-order valence-electron chi connectivity index (χ1n) is 4.50. The first-order valence-corrected chi connectivity index (χ1v) is 4.50. The Kier molecular flexibility index (Phi) is 6.50. The summed E-state index contributed by atoms with van der Waals surface area (Å²) in [7, 11) is 3.15. The Bertz CT molecular complexity index is 395. The highest BCUT2D eigenvalue weighted by atomic mass is 35.5. The zero-order chi connectivity index (χ0) is 12.0. The van der Waals surface area contributed by atoms with Gasteiger partial charge in [-0.3, -0.25) is 0 Å². The van der Waals surface area contributed by atoms with Crippen molar-refractivity contribution in [3.05, 3.63) is 23.8 Å². The lowest BCUT2D eigenvalue weighted by molar-refractivity contribution is 0.394. The summed E-state index contributed by atoms with van der Waals surface area (Å²) in [6.07, 6.45) is 1.50. The SMILES string of the molecule is COc1cc(/C=N/N=C(N)N)cc(OC)c1.Cl. The number of nitrogens with zero attached hydrogens (tertiary/aromatic N) is 2. The molecule has 0 atom stereocenters. The van der Waals surface area contributed by atoms with Crippen LogP contribution in [0.5, 0.6) is 11.5 Å². The maximum Gasteiger partial charge on any atom is 0.211 e. The second kappa shape index (κ2) is 7.34. The van der Waals surface area contributed by atoms with Crippen molar-refractivity contribution in [3.8, 4) is 11.5 Å². The zero-order valence-corrected chi connectivity index (χ0v) is 10.4. The zero-order valence-electron chi connectivity index (χ0n) is 9.58. The lowest BCUT2D eigenvalue weighted by Crippen LogP contribution is -2.21. The molecule has 0 saturated carbocycles. The maximum atomic E-state index is 5.13. The number of nitrogens with two attached hydrogens (primary N) is 2. The molecule has 1 aromatic rings. The standard InChI is InChI=1S/C10H14N4O2.ClH/c1-15-8-3-7(4-9(5-8)16-2)6-13-14-10(11)12;/h3-6H,1-2H3,(H4,11,12,14);1H/b13-6+;. The number of rotatable bonds is 4. The lowest BCUT2D eigenvalue weighted by Gasteiger charge is -2.04. The molecule has 0 fully saturated rings. The minimum Gasteiger partial charge on any atom is -0.497 e. The highest BCUT2D eigenvalue weighted by Crippen LogP contribution is 2.21. The third-order valence-electron chi connectivity index (χ3n) is 1.75. The Morgan fingerprint density at radius 1 is 1.12 bits per heavy atom. The van der Waals surface area contributed by atoms with Crippen molar-refractivity contribution in [2.75, 3.05) is 14.2 Å². The van der Waals surface area contributed by atoms with E-state index in [1.807, 2.05) is 0 Å². The van der Waals surface area contributed by atoms with Crippen LogP contribution in [0.15, 0.2) is 28.4 Å². The van der Waals surface area contributed by atoms with Crippen LogP contribution in [-0.2, 0) is 0 Å². The molecule has 1 rings (SSSR count). The van der Waals surface area contributed by atoms with Crippen molar-refractivity contribution in [2.24, 2.45) is 21.7 Å². The van der Waals surface area contributed by atoms with E-state index in [4.69, 9.17) is 20.9 Å². The summed E-state index contributed by atoms with van der Waals surface area (Å²) in [4.78, 5) is 0. The van der Waals surface area contributed by atoms with Gasteiger partial charge < -0.3 is 20.9 Å². The third-order valence-corrected chi connectivity index (χ3v) is 1.75. The molecular formula is C10H15ClN4O2. The van der Waals surface area contributed by atoms with Gasteiger partial charge in [-0.2, -0.15) is 5.10 Å². The van der Waals surface area contributed by atoms with Crippen LogP contribution in [0.4, 0.5) is 0 Å². The van der Waals surface area contributed by atoms with Crippen molar-refractivity contribution in [1.29, 1.82) is 0 Å². The van der Waals surface area contributed by atoms with Crippen LogP contribution in [0.2, 0.25) is 0 Å². The minimum atomic E-state index is -0.0916. The molecule has 0 saturated heterocycles. The van der Waals surface area contributed by atoms with E-state index >= 15 is 0 Å². The molecule has 1 aromatic carbocycles. The lowest BCUT2D eigenvalue weighted by atomic mass is 10.2. The fourth-order valence-corrected chi connectivity index (χ4v) is 1.07. The van der Waals surface area contributed by atoms with E-state index < -0.39 is 0 Å². The number of halogens is 1. The molecule has 0 unspecified atom stereocenters. The van der Waals surface area contributed by atoms with Gasteiger partial charge >= 0.3 is 0 Å². The number of benzene rings is 1. The molecule has 7 heteroatoms. The van der Waals surface area contributed by atoms with Gasteiger partial charge in [0.2, 0.25) is 5.96 Å². The Labute approximate surface area is 106 Å². The molecule has 0 radical (unpaired) electrons.